The van der Waals surface area contributed by atoms with Gasteiger partial charge in [0.15, 0.2) is 5.96 Å². The first kappa shape index (κ1) is 17.8. The minimum absolute atomic E-state index is 0.548. The van der Waals surface area contributed by atoms with E-state index in [4.69, 9.17) is 9.41 Å². The third kappa shape index (κ3) is 4.34. The SMILES string of the molecule is CCNC(=NCc1oc2ccccc2c1C)NCC(C1CC1)N(C)C. The highest BCUT2D eigenvalue weighted by molar-refractivity contribution is 5.82. The Balaban J connectivity index is 1.67. The molecule has 1 saturated carbocycles. The lowest BCUT2D eigenvalue weighted by Crippen LogP contribution is -2.46. The molecule has 2 N–H and O–H groups in total. The molecule has 1 atom stereocenters. The van der Waals surface area contributed by atoms with Crippen LogP contribution in [0.5, 0.6) is 0 Å². The molecular weight excluding hydrogens is 312 g/mol. The van der Waals surface area contributed by atoms with Crippen molar-refractivity contribution >= 4 is 16.9 Å². The number of fused-ring (bicyclic) bond motifs is 1. The number of aryl methyl sites for hydroxylation is 1. The monoisotopic (exact) mass is 342 g/mol. The zero-order valence-electron chi connectivity index (χ0n) is 15.8. The van der Waals surface area contributed by atoms with Gasteiger partial charge in [-0.05, 0) is 52.8 Å². The number of benzene rings is 1. The highest BCUT2D eigenvalue weighted by Crippen LogP contribution is 2.34. The van der Waals surface area contributed by atoms with Gasteiger partial charge in [0.2, 0.25) is 0 Å². The Morgan fingerprint density at radius 1 is 1.28 bits per heavy atom. The molecule has 0 radical (unpaired) electrons. The second-order valence-electron chi connectivity index (χ2n) is 7.09. The molecular formula is C20H30N4O. The Morgan fingerprint density at radius 2 is 2.04 bits per heavy atom. The average Bonchev–Trinajstić information content (AvgIpc) is 3.37. The second kappa shape index (κ2) is 7.91. The summed E-state index contributed by atoms with van der Waals surface area (Å²) in [6, 6.07) is 8.72. The van der Waals surface area contributed by atoms with Gasteiger partial charge in [-0.25, -0.2) is 4.99 Å². The Labute approximate surface area is 150 Å². The van der Waals surface area contributed by atoms with Gasteiger partial charge >= 0.3 is 0 Å². The van der Waals surface area contributed by atoms with Crippen LogP contribution in [0.3, 0.4) is 0 Å². The maximum atomic E-state index is 5.97. The van der Waals surface area contributed by atoms with Gasteiger partial charge in [0, 0.05) is 30.1 Å². The third-order valence-corrected chi connectivity index (χ3v) is 4.98. The highest BCUT2D eigenvalue weighted by Gasteiger charge is 2.32. The Bertz CT molecular complexity index is 728. The van der Waals surface area contributed by atoms with Crippen LogP contribution in [-0.2, 0) is 6.54 Å². The molecule has 2 aromatic rings. The molecule has 5 nitrogen and oxygen atoms in total. The summed E-state index contributed by atoms with van der Waals surface area (Å²) in [6.07, 6.45) is 2.69. The summed E-state index contributed by atoms with van der Waals surface area (Å²) in [5.41, 5.74) is 2.11. The number of para-hydroxylation sites is 1. The number of rotatable bonds is 7. The largest absolute Gasteiger partial charge is 0.459 e. The average molecular weight is 342 g/mol. The molecule has 3 rings (SSSR count). The smallest absolute Gasteiger partial charge is 0.191 e. The van der Waals surface area contributed by atoms with Crippen LogP contribution in [0.1, 0.15) is 31.1 Å². The fourth-order valence-electron chi connectivity index (χ4n) is 3.32. The van der Waals surface area contributed by atoms with Crippen LogP contribution in [0.4, 0.5) is 0 Å². The topological polar surface area (TPSA) is 52.8 Å². The van der Waals surface area contributed by atoms with E-state index in [0.717, 1.165) is 36.3 Å². The third-order valence-electron chi connectivity index (χ3n) is 4.98. The molecule has 1 aromatic carbocycles. The van der Waals surface area contributed by atoms with E-state index in [-0.39, 0.29) is 0 Å². The number of likely N-dealkylation sites (N-methyl/N-ethyl adjacent to an activating group) is 1. The van der Waals surface area contributed by atoms with Crippen molar-refractivity contribution in [1.82, 2.24) is 15.5 Å². The number of aliphatic imine (C=N–C) groups is 1. The molecule has 1 aliphatic carbocycles. The summed E-state index contributed by atoms with van der Waals surface area (Å²) in [5.74, 6) is 2.61. The van der Waals surface area contributed by atoms with Crippen LogP contribution >= 0.6 is 0 Å². The zero-order valence-corrected chi connectivity index (χ0v) is 15.8. The molecule has 1 unspecified atom stereocenters. The van der Waals surface area contributed by atoms with E-state index in [0.29, 0.717) is 12.6 Å². The van der Waals surface area contributed by atoms with Crippen LogP contribution < -0.4 is 10.6 Å². The quantitative estimate of drug-likeness (QED) is 0.599. The van der Waals surface area contributed by atoms with E-state index in [1.165, 1.54) is 23.8 Å². The lowest BCUT2D eigenvalue weighted by molar-refractivity contribution is 0.264. The van der Waals surface area contributed by atoms with Crippen molar-refractivity contribution in [2.75, 3.05) is 27.2 Å². The van der Waals surface area contributed by atoms with Crippen molar-refractivity contribution in [3.8, 4) is 0 Å². The molecule has 1 aromatic heterocycles. The molecule has 0 bridgehead atoms. The standard InChI is InChI=1S/C20H30N4O/c1-5-21-20(22-12-17(24(3)4)15-10-11-15)23-13-19-14(2)16-8-6-7-9-18(16)25-19/h6-9,15,17H,5,10-13H2,1-4H3,(H2,21,22,23). The Kier molecular flexibility index (Phi) is 5.63. The summed E-state index contributed by atoms with van der Waals surface area (Å²) in [5, 5.41) is 8.01. The van der Waals surface area contributed by atoms with E-state index < -0.39 is 0 Å². The molecule has 5 heteroatoms. The molecule has 1 heterocycles. The lowest BCUT2D eigenvalue weighted by atomic mass is 10.1. The van der Waals surface area contributed by atoms with Gasteiger partial charge in [-0.1, -0.05) is 18.2 Å². The number of furan rings is 1. The van der Waals surface area contributed by atoms with Gasteiger partial charge < -0.3 is 20.0 Å². The Hall–Kier alpha value is -2.01. The Morgan fingerprint density at radius 3 is 2.68 bits per heavy atom. The van der Waals surface area contributed by atoms with Crippen LogP contribution in [0.15, 0.2) is 33.7 Å². The van der Waals surface area contributed by atoms with E-state index in [1.54, 1.807) is 0 Å². The summed E-state index contributed by atoms with van der Waals surface area (Å²) in [7, 11) is 4.32. The van der Waals surface area contributed by atoms with Crippen molar-refractivity contribution in [3.05, 3.63) is 35.6 Å². The fraction of sp³-hybridized carbons (Fsp3) is 0.550. The van der Waals surface area contributed by atoms with Crippen LogP contribution in [0.2, 0.25) is 0 Å². The van der Waals surface area contributed by atoms with E-state index in [9.17, 15) is 0 Å². The first-order valence-corrected chi connectivity index (χ1v) is 9.25. The van der Waals surface area contributed by atoms with Crippen LogP contribution in [0.25, 0.3) is 11.0 Å². The van der Waals surface area contributed by atoms with Gasteiger partial charge in [0.25, 0.3) is 0 Å². The zero-order chi connectivity index (χ0) is 17.8. The van der Waals surface area contributed by atoms with Gasteiger partial charge in [0.05, 0.1) is 0 Å². The van der Waals surface area contributed by atoms with Gasteiger partial charge in [0.1, 0.15) is 17.9 Å². The number of hydrogen-bond acceptors (Lipinski definition) is 3. The summed E-state index contributed by atoms with van der Waals surface area (Å²) < 4.78 is 5.97. The van der Waals surface area contributed by atoms with Gasteiger partial charge in [-0.3, -0.25) is 0 Å². The maximum Gasteiger partial charge on any atom is 0.191 e. The summed E-state index contributed by atoms with van der Waals surface area (Å²) in [6.45, 7) is 6.51. The molecule has 0 aliphatic heterocycles. The highest BCUT2D eigenvalue weighted by atomic mass is 16.3. The number of hydrogen-bond donors (Lipinski definition) is 2. The molecule has 136 valence electrons. The summed E-state index contributed by atoms with van der Waals surface area (Å²) >= 11 is 0. The lowest BCUT2D eigenvalue weighted by Gasteiger charge is -2.25. The van der Waals surface area contributed by atoms with Crippen molar-refractivity contribution < 1.29 is 4.42 Å². The predicted molar refractivity (Wildman–Crippen MR) is 104 cm³/mol. The second-order valence-corrected chi connectivity index (χ2v) is 7.09. The molecule has 0 spiro atoms. The minimum atomic E-state index is 0.548. The van der Waals surface area contributed by atoms with E-state index >= 15 is 0 Å². The summed E-state index contributed by atoms with van der Waals surface area (Å²) in [4.78, 5) is 7.05. The van der Waals surface area contributed by atoms with E-state index in [2.05, 4.69) is 49.5 Å². The molecule has 1 aliphatic rings. The minimum Gasteiger partial charge on any atom is -0.459 e. The molecule has 0 amide bonds. The van der Waals surface area contributed by atoms with Gasteiger partial charge in [-0.2, -0.15) is 0 Å². The van der Waals surface area contributed by atoms with E-state index in [1.807, 2.05) is 18.2 Å². The van der Waals surface area contributed by atoms with Crippen molar-refractivity contribution in [2.45, 2.75) is 39.3 Å². The van der Waals surface area contributed by atoms with Gasteiger partial charge in [-0.15, -0.1) is 0 Å². The van der Waals surface area contributed by atoms with Crippen molar-refractivity contribution in [1.29, 1.82) is 0 Å². The first-order chi connectivity index (χ1) is 12.1. The first-order valence-electron chi connectivity index (χ1n) is 9.25. The van der Waals surface area contributed by atoms with Crippen molar-refractivity contribution in [3.63, 3.8) is 0 Å². The fourth-order valence-corrected chi connectivity index (χ4v) is 3.32. The van der Waals surface area contributed by atoms with Crippen molar-refractivity contribution in [2.24, 2.45) is 10.9 Å². The molecule has 0 saturated heterocycles. The number of guanidine groups is 1. The van der Waals surface area contributed by atoms with Crippen LogP contribution in [0, 0.1) is 12.8 Å². The molecule has 25 heavy (non-hydrogen) atoms. The number of nitrogens with one attached hydrogen (secondary N) is 2. The maximum absolute atomic E-state index is 5.97. The number of nitrogens with zero attached hydrogens (tertiary/aromatic N) is 2. The van der Waals surface area contributed by atoms with Crippen LogP contribution in [-0.4, -0.2) is 44.1 Å². The molecule has 1 fully saturated rings. The normalized spacial score (nSPS) is 16.4. The predicted octanol–water partition coefficient (Wildman–Crippen LogP) is 3.14.